The van der Waals surface area contributed by atoms with Crippen molar-refractivity contribution >= 4 is 0 Å². The van der Waals surface area contributed by atoms with Gasteiger partial charge in [-0.3, -0.25) is 0 Å². The van der Waals surface area contributed by atoms with Gasteiger partial charge in [0.15, 0.2) is 0 Å². The molecule has 0 amide bonds. The van der Waals surface area contributed by atoms with E-state index in [0.29, 0.717) is 5.54 Å². The van der Waals surface area contributed by atoms with Gasteiger partial charge in [0.05, 0.1) is 25.7 Å². The van der Waals surface area contributed by atoms with Gasteiger partial charge in [0.2, 0.25) is 0 Å². The van der Waals surface area contributed by atoms with Crippen LogP contribution in [0.25, 0.3) is 0 Å². The van der Waals surface area contributed by atoms with Crippen LogP contribution in [0.5, 0.6) is 0 Å². The van der Waals surface area contributed by atoms with Crippen LogP contribution in [0.15, 0.2) is 0 Å². The highest BCUT2D eigenvalue weighted by molar-refractivity contribution is 5.03. The highest BCUT2D eigenvalue weighted by Crippen LogP contribution is 2.59. The molecule has 4 rings (SSSR count). The Labute approximate surface area is 101 Å². The third-order valence-corrected chi connectivity index (χ3v) is 6.55. The van der Waals surface area contributed by atoms with E-state index in [9.17, 15) is 0 Å². The zero-order valence-corrected chi connectivity index (χ0v) is 11.3. The lowest BCUT2D eigenvalue weighted by Gasteiger charge is -2.63. The molecule has 1 heteroatoms. The zero-order chi connectivity index (χ0) is 11.4. The van der Waals surface area contributed by atoms with E-state index >= 15 is 0 Å². The number of rotatable bonds is 3. The van der Waals surface area contributed by atoms with Crippen molar-refractivity contribution in [2.24, 2.45) is 17.8 Å². The molecule has 0 aliphatic heterocycles. The molecule has 4 aliphatic rings. The van der Waals surface area contributed by atoms with E-state index < -0.39 is 0 Å². The van der Waals surface area contributed by atoms with Crippen LogP contribution in [-0.4, -0.2) is 30.2 Å². The van der Waals surface area contributed by atoms with Gasteiger partial charge in [-0.05, 0) is 50.9 Å². The van der Waals surface area contributed by atoms with Crippen molar-refractivity contribution in [3.8, 4) is 0 Å². The van der Waals surface area contributed by atoms with Crippen molar-refractivity contribution in [1.82, 2.24) is 0 Å². The highest BCUT2D eigenvalue weighted by Gasteiger charge is 2.58. The summed E-state index contributed by atoms with van der Waals surface area (Å²) in [5.41, 5.74) is 0.693. The first-order valence-electron chi connectivity index (χ1n) is 7.45. The van der Waals surface area contributed by atoms with Crippen LogP contribution < -0.4 is 0 Å². The van der Waals surface area contributed by atoms with Gasteiger partial charge in [0.25, 0.3) is 0 Å². The molecule has 0 radical (unpaired) electrons. The van der Waals surface area contributed by atoms with E-state index in [1.54, 1.807) is 38.5 Å². The SMILES string of the molecule is CC[N+](C)(CC)C12CC3CC(CC(C3)C1)C2. The van der Waals surface area contributed by atoms with E-state index in [2.05, 4.69) is 20.9 Å². The summed E-state index contributed by atoms with van der Waals surface area (Å²) in [6.07, 6.45) is 9.39. The predicted octanol–water partition coefficient (Wildman–Crippen LogP) is 3.44. The largest absolute Gasteiger partial charge is 0.322 e. The molecule has 0 aromatic carbocycles. The molecular weight excluding hydrogens is 194 g/mol. The molecule has 0 saturated heterocycles. The lowest BCUT2D eigenvalue weighted by atomic mass is 9.52. The standard InChI is InChI=1S/C15H28N/c1-4-16(3,5-2)15-9-12-6-13(10-15)8-14(7-12)11-15/h12-14H,4-11H2,1-3H3/q+1. The number of hydrogen-bond acceptors (Lipinski definition) is 0. The maximum absolute atomic E-state index is 2.53. The molecule has 0 unspecified atom stereocenters. The second kappa shape index (κ2) is 3.48. The van der Waals surface area contributed by atoms with E-state index in [1.807, 2.05) is 0 Å². The van der Waals surface area contributed by atoms with Crippen LogP contribution in [0.3, 0.4) is 0 Å². The van der Waals surface area contributed by atoms with Crippen molar-refractivity contribution in [2.75, 3.05) is 20.1 Å². The molecule has 0 aromatic heterocycles. The second-order valence-corrected chi connectivity index (χ2v) is 7.17. The van der Waals surface area contributed by atoms with Crippen molar-refractivity contribution in [3.63, 3.8) is 0 Å². The molecule has 4 saturated carbocycles. The van der Waals surface area contributed by atoms with E-state index in [1.165, 1.54) is 17.6 Å². The monoisotopic (exact) mass is 222 g/mol. The van der Waals surface area contributed by atoms with Gasteiger partial charge in [-0.2, -0.15) is 0 Å². The van der Waals surface area contributed by atoms with Crippen LogP contribution in [0.1, 0.15) is 52.4 Å². The van der Waals surface area contributed by atoms with Crippen molar-refractivity contribution in [1.29, 1.82) is 0 Å². The number of nitrogens with zero attached hydrogens (tertiary/aromatic N) is 1. The predicted molar refractivity (Wildman–Crippen MR) is 68.2 cm³/mol. The lowest BCUT2D eigenvalue weighted by Crippen LogP contribution is -2.68. The normalized spacial score (nSPS) is 46.3. The second-order valence-electron chi connectivity index (χ2n) is 7.17. The van der Waals surface area contributed by atoms with Crippen LogP contribution >= 0.6 is 0 Å². The van der Waals surface area contributed by atoms with Crippen molar-refractivity contribution in [3.05, 3.63) is 0 Å². The van der Waals surface area contributed by atoms with Crippen LogP contribution in [0, 0.1) is 17.8 Å². The minimum absolute atomic E-state index is 0.693. The van der Waals surface area contributed by atoms with Gasteiger partial charge in [-0.25, -0.2) is 0 Å². The molecule has 0 spiro atoms. The third kappa shape index (κ3) is 1.33. The fourth-order valence-corrected chi connectivity index (χ4v) is 5.62. The van der Waals surface area contributed by atoms with E-state index in [0.717, 1.165) is 17.8 Å². The third-order valence-electron chi connectivity index (χ3n) is 6.55. The molecular formula is C15H28N+. The summed E-state index contributed by atoms with van der Waals surface area (Å²) in [4.78, 5) is 0. The zero-order valence-electron chi connectivity index (χ0n) is 11.3. The lowest BCUT2D eigenvalue weighted by molar-refractivity contribution is -0.962. The summed E-state index contributed by atoms with van der Waals surface area (Å²) in [7, 11) is 2.53. The van der Waals surface area contributed by atoms with Crippen molar-refractivity contribution in [2.45, 2.75) is 57.9 Å². The molecule has 1 nitrogen and oxygen atoms in total. The highest BCUT2D eigenvalue weighted by atomic mass is 15.4. The minimum Gasteiger partial charge on any atom is -0.322 e. The Bertz CT molecular complexity index is 242. The molecule has 0 atom stereocenters. The molecule has 0 heterocycles. The fourth-order valence-electron chi connectivity index (χ4n) is 5.62. The van der Waals surface area contributed by atoms with Gasteiger partial charge in [-0.15, -0.1) is 0 Å². The minimum atomic E-state index is 0.693. The summed E-state index contributed by atoms with van der Waals surface area (Å²) in [6.45, 7) is 7.48. The maximum Gasteiger partial charge on any atom is 0.0998 e. The molecule has 0 N–H and O–H groups in total. The maximum atomic E-state index is 2.53. The van der Waals surface area contributed by atoms with E-state index in [4.69, 9.17) is 0 Å². The average molecular weight is 222 g/mol. The van der Waals surface area contributed by atoms with Crippen LogP contribution in [0.4, 0.5) is 0 Å². The van der Waals surface area contributed by atoms with Gasteiger partial charge in [-0.1, -0.05) is 0 Å². The fraction of sp³-hybridized carbons (Fsp3) is 1.00. The van der Waals surface area contributed by atoms with Gasteiger partial charge in [0.1, 0.15) is 0 Å². The molecule has 4 bridgehead atoms. The van der Waals surface area contributed by atoms with Gasteiger partial charge < -0.3 is 4.48 Å². The van der Waals surface area contributed by atoms with Gasteiger partial charge in [0, 0.05) is 19.3 Å². The Kier molecular flexibility index (Phi) is 2.41. The summed E-state index contributed by atoms with van der Waals surface area (Å²) >= 11 is 0. The quantitative estimate of drug-likeness (QED) is 0.642. The first-order valence-corrected chi connectivity index (χ1v) is 7.45. The topological polar surface area (TPSA) is 0 Å². The molecule has 4 fully saturated rings. The first-order chi connectivity index (χ1) is 7.61. The number of hydrogen-bond donors (Lipinski definition) is 0. The van der Waals surface area contributed by atoms with Gasteiger partial charge >= 0.3 is 0 Å². The molecule has 92 valence electrons. The number of quaternary nitrogens is 1. The summed E-state index contributed by atoms with van der Waals surface area (Å²) in [6, 6.07) is 0. The van der Waals surface area contributed by atoms with Crippen LogP contribution in [0.2, 0.25) is 0 Å². The van der Waals surface area contributed by atoms with Crippen LogP contribution in [-0.2, 0) is 0 Å². The Morgan fingerprint density at radius 3 is 1.56 bits per heavy atom. The Hall–Kier alpha value is -0.0400. The Morgan fingerprint density at radius 2 is 1.25 bits per heavy atom. The molecule has 4 aliphatic carbocycles. The first kappa shape index (κ1) is 11.1. The summed E-state index contributed by atoms with van der Waals surface area (Å²) < 4.78 is 1.36. The van der Waals surface area contributed by atoms with Crippen molar-refractivity contribution < 1.29 is 4.48 Å². The average Bonchev–Trinajstić information content (AvgIpc) is 2.26. The summed E-state index contributed by atoms with van der Waals surface area (Å²) in [5, 5.41) is 0. The Balaban J connectivity index is 1.93. The smallest absolute Gasteiger partial charge is 0.0998 e. The molecule has 0 aromatic rings. The Morgan fingerprint density at radius 1 is 0.875 bits per heavy atom. The molecule has 16 heavy (non-hydrogen) atoms. The summed E-state index contributed by atoms with van der Waals surface area (Å²) in [5.74, 6) is 3.30. The van der Waals surface area contributed by atoms with E-state index in [-0.39, 0.29) is 0 Å².